The van der Waals surface area contributed by atoms with Crippen LogP contribution in [0.25, 0.3) is 0 Å². The summed E-state index contributed by atoms with van der Waals surface area (Å²) in [6.07, 6.45) is -2.22. The third-order valence-electron chi connectivity index (χ3n) is 1.39. The Bertz CT molecular complexity index is 258. The number of carbonyl (C=O) groups excluding carboxylic acids is 2. The minimum Gasteiger partial charge on any atom is -0.466 e. The maximum atomic E-state index is 10.9. The normalized spacial score (nSPS) is 24.4. The molecule has 0 aromatic carbocycles. The van der Waals surface area contributed by atoms with Crippen LogP contribution in [0, 0.1) is 0 Å². The van der Waals surface area contributed by atoms with E-state index >= 15 is 0 Å². The quantitative estimate of drug-likeness (QED) is 0.580. The maximum Gasteiger partial charge on any atom is 0.357 e. The van der Waals surface area contributed by atoms with Crippen molar-refractivity contribution in [3.63, 3.8) is 0 Å². The summed E-state index contributed by atoms with van der Waals surface area (Å²) in [7, 11) is 2.39. The van der Waals surface area contributed by atoms with Crippen molar-refractivity contribution >= 4 is 11.9 Å². The minimum atomic E-state index is -1.11. The first-order valence-corrected chi connectivity index (χ1v) is 3.64. The Hall–Kier alpha value is -1.86. The van der Waals surface area contributed by atoms with Gasteiger partial charge in [-0.2, -0.15) is 0 Å². The molecule has 8 heteroatoms. The topological polar surface area (TPSA) is 102 Å². The van der Waals surface area contributed by atoms with Gasteiger partial charge in [0.1, 0.15) is 0 Å². The molecule has 1 aliphatic heterocycles. The molecule has 0 aromatic heterocycles. The number of hydrogen-bond acceptors (Lipinski definition) is 8. The number of esters is 2. The van der Waals surface area contributed by atoms with E-state index in [1.54, 1.807) is 0 Å². The zero-order valence-corrected chi connectivity index (χ0v) is 7.58. The van der Waals surface area contributed by atoms with Gasteiger partial charge in [0.05, 0.1) is 14.2 Å². The molecule has 0 atom stereocenters. The molecule has 0 saturated heterocycles. The smallest absolute Gasteiger partial charge is 0.357 e. The standard InChI is InChI=1S/C6H8N4O4/c1-13-5(11)3-7-9-4(10-8-3)6(12)14-2/h3-4H,1-2H3. The lowest BCUT2D eigenvalue weighted by Crippen LogP contribution is -2.24. The van der Waals surface area contributed by atoms with Gasteiger partial charge in [0, 0.05) is 0 Å². The average molecular weight is 200 g/mol. The molecule has 0 spiro atoms. The van der Waals surface area contributed by atoms with Gasteiger partial charge in [0.15, 0.2) is 0 Å². The largest absolute Gasteiger partial charge is 0.466 e. The third kappa shape index (κ3) is 2.09. The molecule has 1 heterocycles. The van der Waals surface area contributed by atoms with Gasteiger partial charge < -0.3 is 9.47 Å². The second kappa shape index (κ2) is 4.40. The fourth-order valence-electron chi connectivity index (χ4n) is 0.698. The van der Waals surface area contributed by atoms with Gasteiger partial charge in [0.25, 0.3) is 12.3 Å². The molecule has 8 nitrogen and oxygen atoms in total. The number of carbonyl (C=O) groups is 2. The predicted molar refractivity (Wildman–Crippen MR) is 41.3 cm³/mol. The van der Waals surface area contributed by atoms with Gasteiger partial charge in [0.2, 0.25) is 0 Å². The summed E-state index contributed by atoms with van der Waals surface area (Å²) < 4.78 is 8.70. The first-order valence-electron chi connectivity index (χ1n) is 3.64. The summed E-state index contributed by atoms with van der Waals surface area (Å²) in [5.41, 5.74) is 0. The Morgan fingerprint density at radius 2 is 1.14 bits per heavy atom. The fourth-order valence-corrected chi connectivity index (χ4v) is 0.698. The van der Waals surface area contributed by atoms with Crippen molar-refractivity contribution in [2.75, 3.05) is 14.2 Å². The van der Waals surface area contributed by atoms with Crippen molar-refractivity contribution in [1.82, 2.24) is 0 Å². The highest BCUT2D eigenvalue weighted by atomic mass is 16.5. The molecule has 0 aromatic rings. The number of ether oxygens (including phenoxy) is 2. The molecule has 0 unspecified atom stereocenters. The van der Waals surface area contributed by atoms with Crippen LogP contribution in [0.15, 0.2) is 20.5 Å². The highest BCUT2D eigenvalue weighted by molar-refractivity contribution is 5.77. The van der Waals surface area contributed by atoms with Crippen LogP contribution in [-0.2, 0) is 19.1 Å². The predicted octanol–water partition coefficient (Wildman–Crippen LogP) is -0.0974. The van der Waals surface area contributed by atoms with E-state index in [1.165, 1.54) is 14.2 Å². The van der Waals surface area contributed by atoms with E-state index < -0.39 is 24.3 Å². The zero-order valence-electron chi connectivity index (χ0n) is 7.58. The molecule has 76 valence electrons. The van der Waals surface area contributed by atoms with Crippen LogP contribution < -0.4 is 0 Å². The number of rotatable bonds is 2. The summed E-state index contributed by atoms with van der Waals surface area (Å²) in [5, 5.41) is 13.8. The summed E-state index contributed by atoms with van der Waals surface area (Å²) in [6, 6.07) is 0. The molecule has 1 rings (SSSR count). The molecule has 0 amide bonds. The van der Waals surface area contributed by atoms with E-state index in [-0.39, 0.29) is 0 Å². The summed E-state index contributed by atoms with van der Waals surface area (Å²) in [6.45, 7) is 0. The lowest BCUT2D eigenvalue weighted by atomic mass is 10.5. The molecule has 0 bridgehead atoms. The van der Waals surface area contributed by atoms with Crippen LogP contribution in [0.5, 0.6) is 0 Å². The van der Waals surface area contributed by atoms with Crippen molar-refractivity contribution in [2.45, 2.75) is 12.3 Å². The van der Waals surface area contributed by atoms with Crippen molar-refractivity contribution in [3.05, 3.63) is 0 Å². The van der Waals surface area contributed by atoms with E-state index in [2.05, 4.69) is 29.9 Å². The third-order valence-corrected chi connectivity index (χ3v) is 1.39. The van der Waals surface area contributed by atoms with Crippen LogP contribution in [0.3, 0.4) is 0 Å². The van der Waals surface area contributed by atoms with E-state index in [0.717, 1.165) is 0 Å². The van der Waals surface area contributed by atoms with Crippen molar-refractivity contribution in [1.29, 1.82) is 0 Å². The number of hydrogen-bond donors (Lipinski definition) is 0. The van der Waals surface area contributed by atoms with Gasteiger partial charge in [-0.15, -0.1) is 20.5 Å². The van der Waals surface area contributed by atoms with E-state index in [4.69, 9.17) is 0 Å². The van der Waals surface area contributed by atoms with E-state index in [0.29, 0.717) is 0 Å². The number of nitrogens with zero attached hydrogens (tertiary/aromatic N) is 4. The molecule has 1 aliphatic rings. The van der Waals surface area contributed by atoms with E-state index in [1.807, 2.05) is 0 Å². The second-order valence-corrected chi connectivity index (χ2v) is 2.26. The Morgan fingerprint density at radius 1 is 0.857 bits per heavy atom. The van der Waals surface area contributed by atoms with Crippen molar-refractivity contribution in [3.8, 4) is 0 Å². The summed E-state index contributed by atoms with van der Waals surface area (Å²) >= 11 is 0. The van der Waals surface area contributed by atoms with Gasteiger partial charge >= 0.3 is 11.9 Å². The average Bonchev–Trinajstić information content (AvgIpc) is 2.27. The number of azo groups is 2. The Balaban J connectivity index is 2.61. The summed E-state index contributed by atoms with van der Waals surface area (Å²) in [4.78, 5) is 21.7. The van der Waals surface area contributed by atoms with Crippen molar-refractivity contribution in [2.24, 2.45) is 20.5 Å². The molecular formula is C6H8N4O4. The Labute approximate surface area is 79.0 Å². The second-order valence-electron chi connectivity index (χ2n) is 2.26. The zero-order chi connectivity index (χ0) is 10.6. The van der Waals surface area contributed by atoms with Gasteiger partial charge in [-0.25, -0.2) is 9.59 Å². The first-order chi connectivity index (χ1) is 6.69. The molecule has 0 fully saturated rings. The Morgan fingerprint density at radius 3 is 1.36 bits per heavy atom. The lowest BCUT2D eigenvalue weighted by molar-refractivity contribution is -0.145. The Kier molecular flexibility index (Phi) is 3.21. The van der Waals surface area contributed by atoms with Crippen LogP contribution in [0.1, 0.15) is 0 Å². The molecule has 14 heavy (non-hydrogen) atoms. The minimum absolute atomic E-state index is 0.680. The molecule has 0 aliphatic carbocycles. The van der Waals surface area contributed by atoms with E-state index in [9.17, 15) is 9.59 Å². The highest BCUT2D eigenvalue weighted by Crippen LogP contribution is 2.10. The van der Waals surface area contributed by atoms with Crippen LogP contribution in [0.4, 0.5) is 0 Å². The van der Waals surface area contributed by atoms with Gasteiger partial charge in [-0.05, 0) is 0 Å². The molecular weight excluding hydrogens is 192 g/mol. The SMILES string of the molecule is COC(=O)C1N=NC(C(=O)OC)N=N1. The highest BCUT2D eigenvalue weighted by Gasteiger charge is 2.26. The molecule has 0 saturated carbocycles. The van der Waals surface area contributed by atoms with Crippen LogP contribution in [0.2, 0.25) is 0 Å². The number of methoxy groups -OCH3 is 2. The lowest BCUT2D eigenvalue weighted by Gasteiger charge is -2.09. The maximum absolute atomic E-state index is 10.9. The summed E-state index contributed by atoms with van der Waals surface area (Å²) in [5.74, 6) is -1.36. The monoisotopic (exact) mass is 200 g/mol. The van der Waals surface area contributed by atoms with Gasteiger partial charge in [-0.1, -0.05) is 0 Å². The fraction of sp³-hybridized carbons (Fsp3) is 0.667. The van der Waals surface area contributed by atoms with Crippen LogP contribution >= 0.6 is 0 Å². The van der Waals surface area contributed by atoms with Crippen LogP contribution in [-0.4, -0.2) is 38.5 Å². The molecule has 0 N–H and O–H groups in total. The van der Waals surface area contributed by atoms with Gasteiger partial charge in [-0.3, -0.25) is 0 Å². The molecule has 0 radical (unpaired) electrons. The van der Waals surface area contributed by atoms with Crippen molar-refractivity contribution < 1.29 is 19.1 Å². The first kappa shape index (κ1) is 10.2.